The molecule has 4 rings (SSSR count). The van der Waals surface area contributed by atoms with E-state index in [0.717, 1.165) is 11.3 Å². The summed E-state index contributed by atoms with van der Waals surface area (Å²) >= 11 is 1.27. The van der Waals surface area contributed by atoms with Crippen molar-refractivity contribution in [1.82, 2.24) is 14.8 Å². The molecule has 8 nitrogen and oxygen atoms in total. The second kappa shape index (κ2) is 10.1. The average molecular weight is 463 g/mol. The Morgan fingerprint density at radius 1 is 1.00 bits per heavy atom. The molecular weight excluding hydrogens is 440 g/mol. The Balaban J connectivity index is 1.57. The van der Waals surface area contributed by atoms with Crippen molar-refractivity contribution in [3.63, 3.8) is 0 Å². The number of rotatable bonds is 8. The van der Waals surface area contributed by atoms with Crippen molar-refractivity contribution in [3.8, 4) is 34.3 Å². The van der Waals surface area contributed by atoms with E-state index in [9.17, 15) is 9.90 Å². The quantitative estimate of drug-likeness (QED) is 0.375. The Morgan fingerprint density at radius 3 is 2.45 bits per heavy atom. The standard InChI is InChI=1S/C24H22N4O4S/c1-31-19-12-13-21(32-2)20(14-19)25-22(30)15-33-24-27-26-23(16-8-10-18(29)11-9-16)28(24)17-6-4-3-5-7-17/h3-14,29H,15H2,1-2H3,(H,25,30). The number of nitrogens with one attached hydrogen (secondary N) is 1. The van der Waals surface area contributed by atoms with Crippen molar-refractivity contribution in [2.45, 2.75) is 5.16 Å². The number of aromatic nitrogens is 3. The van der Waals surface area contributed by atoms with Gasteiger partial charge in [-0.25, -0.2) is 0 Å². The maximum atomic E-state index is 12.7. The van der Waals surface area contributed by atoms with Crippen LogP contribution in [0, 0.1) is 0 Å². The highest BCUT2D eigenvalue weighted by molar-refractivity contribution is 7.99. The van der Waals surface area contributed by atoms with Crippen LogP contribution in [0.25, 0.3) is 17.1 Å². The van der Waals surface area contributed by atoms with Gasteiger partial charge in [-0.05, 0) is 48.5 Å². The summed E-state index contributed by atoms with van der Waals surface area (Å²) in [6.45, 7) is 0. The minimum Gasteiger partial charge on any atom is -0.508 e. The fourth-order valence-corrected chi connectivity index (χ4v) is 3.95. The molecule has 2 N–H and O–H groups in total. The molecule has 4 aromatic rings. The van der Waals surface area contributed by atoms with E-state index in [0.29, 0.717) is 28.2 Å². The molecule has 0 saturated carbocycles. The van der Waals surface area contributed by atoms with Crippen LogP contribution < -0.4 is 14.8 Å². The van der Waals surface area contributed by atoms with Crippen LogP contribution in [0.3, 0.4) is 0 Å². The van der Waals surface area contributed by atoms with Gasteiger partial charge in [0.25, 0.3) is 0 Å². The zero-order valence-electron chi connectivity index (χ0n) is 18.1. The van der Waals surface area contributed by atoms with E-state index in [-0.39, 0.29) is 17.4 Å². The number of ether oxygens (including phenoxy) is 2. The number of hydrogen-bond acceptors (Lipinski definition) is 7. The fourth-order valence-electron chi connectivity index (χ4n) is 3.20. The zero-order chi connectivity index (χ0) is 23.2. The van der Waals surface area contributed by atoms with Gasteiger partial charge in [-0.15, -0.1) is 10.2 Å². The van der Waals surface area contributed by atoms with E-state index in [1.54, 1.807) is 56.7 Å². The van der Waals surface area contributed by atoms with Gasteiger partial charge in [-0.2, -0.15) is 0 Å². The van der Waals surface area contributed by atoms with Gasteiger partial charge in [0, 0.05) is 17.3 Å². The second-order valence-corrected chi connectivity index (χ2v) is 7.87. The summed E-state index contributed by atoms with van der Waals surface area (Å²) in [6.07, 6.45) is 0. The molecular formula is C24H22N4O4S. The minimum atomic E-state index is -0.222. The van der Waals surface area contributed by atoms with E-state index in [1.807, 2.05) is 34.9 Å². The van der Waals surface area contributed by atoms with Gasteiger partial charge in [-0.3, -0.25) is 9.36 Å². The van der Waals surface area contributed by atoms with Crippen LogP contribution in [-0.2, 0) is 4.79 Å². The van der Waals surface area contributed by atoms with Crippen molar-refractivity contribution < 1.29 is 19.4 Å². The lowest BCUT2D eigenvalue weighted by molar-refractivity contribution is -0.113. The monoisotopic (exact) mass is 462 g/mol. The Hall–Kier alpha value is -3.98. The Kier molecular flexibility index (Phi) is 6.80. The first-order valence-electron chi connectivity index (χ1n) is 10.0. The first kappa shape index (κ1) is 22.2. The Morgan fingerprint density at radius 2 is 1.76 bits per heavy atom. The fraction of sp³-hybridized carbons (Fsp3) is 0.125. The summed E-state index contributed by atoms with van der Waals surface area (Å²) in [4.78, 5) is 12.7. The molecule has 168 valence electrons. The molecule has 0 aliphatic heterocycles. The van der Waals surface area contributed by atoms with E-state index < -0.39 is 0 Å². The van der Waals surface area contributed by atoms with Gasteiger partial charge in [-0.1, -0.05) is 30.0 Å². The maximum absolute atomic E-state index is 12.7. The molecule has 33 heavy (non-hydrogen) atoms. The number of methoxy groups -OCH3 is 2. The number of para-hydroxylation sites is 1. The number of hydrogen-bond donors (Lipinski definition) is 2. The second-order valence-electron chi connectivity index (χ2n) is 6.93. The number of aromatic hydroxyl groups is 1. The molecule has 0 atom stereocenters. The van der Waals surface area contributed by atoms with Crippen LogP contribution in [0.4, 0.5) is 5.69 Å². The Labute approximate surface area is 195 Å². The number of carbonyl (C=O) groups excluding carboxylic acids is 1. The largest absolute Gasteiger partial charge is 0.508 e. The van der Waals surface area contributed by atoms with Crippen molar-refractivity contribution >= 4 is 23.4 Å². The summed E-state index contributed by atoms with van der Waals surface area (Å²) in [5, 5.41) is 21.7. The van der Waals surface area contributed by atoms with Crippen LogP contribution in [0.1, 0.15) is 0 Å². The highest BCUT2D eigenvalue weighted by atomic mass is 32.2. The van der Waals surface area contributed by atoms with Gasteiger partial charge in [0.2, 0.25) is 5.91 Å². The molecule has 1 amide bonds. The van der Waals surface area contributed by atoms with E-state index in [4.69, 9.17) is 9.47 Å². The number of carbonyl (C=O) groups is 1. The molecule has 0 radical (unpaired) electrons. The molecule has 1 aromatic heterocycles. The molecule has 0 spiro atoms. The smallest absolute Gasteiger partial charge is 0.234 e. The van der Waals surface area contributed by atoms with Crippen LogP contribution in [0.5, 0.6) is 17.2 Å². The highest BCUT2D eigenvalue weighted by Crippen LogP contribution is 2.31. The first-order valence-corrected chi connectivity index (χ1v) is 11.0. The molecule has 0 unspecified atom stereocenters. The van der Waals surface area contributed by atoms with Crippen molar-refractivity contribution in [1.29, 1.82) is 0 Å². The third-order valence-corrected chi connectivity index (χ3v) is 5.72. The van der Waals surface area contributed by atoms with Gasteiger partial charge in [0.1, 0.15) is 17.2 Å². The summed E-state index contributed by atoms with van der Waals surface area (Å²) < 4.78 is 12.4. The third-order valence-electron chi connectivity index (χ3n) is 4.79. The lowest BCUT2D eigenvalue weighted by atomic mass is 10.2. The zero-order valence-corrected chi connectivity index (χ0v) is 18.9. The molecule has 1 heterocycles. The average Bonchev–Trinajstić information content (AvgIpc) is 3.27. The number of phenolic OH excluding ortho intramolecular Hbond substituents is 1. The number of nitrogens with zero attached hydrogens (tertiary/aromatic N) is 3. The normalized spacial score (nSPS) is 10.6. The number of amides is 1. The van der Waals surface area contributed by atoms with Gasteiger partial charge in [0.05, 0.1) is 25.7 Å². The van der Waals surface area contributed by atoms with E-state index in [1.165, 1.54) is 11.8 Å². The molecule has 0 fully saturated rings. The molecule has 9 heteroatoms. The molecule has 0 bridgehead atoms. The third kappa shape index (κ3) is 5.09. The molecule has 3 aromatic carbocycles. The predicted octanol–water partition coefficient (Wildman–Crippen LogP) is 4.39. The summed E-state index contributed by atoms with van der Waals surface area (Å²) in [5.74, 6) is 1.82. The summed E-state index contributed by atoms with van der Waals surface area (Å²) in [7, 11) is 3.10. The van der Waals surface area contributed by atoms with Gasteiger partial charge >= 0.3 is 0 Å². The molecule has 0 aliphatic carbocycles. The SMILES string of the molecule is COc1ccc(OC)c(NC(=O)CSc2nnc(-c3ccc(O)cc3)n2-c2ccccc2)c1. The number of benzene rings is 3. The van der Waals surface area contributed by atoms with E-state index in [2.05, 4.69) is 15.5 Å². The summed E-state index contributed by atoms with van der Waals surface area (Å²) in [6, 6.07) is 21.6. The highest BCUT2D eigenvalue weighted by Gasteiger charge is 2.18. The molecule has 0 saturated heterocycles. The number of thioether (sulfide) groups is 1. The van der Waals surface area contributed by atoms with Crippen LogP contribution in [0.2, 0.25) is 0 Å². The number of phenols is 1. The maximum Gasteiger partial charge on any atom is 0.234 e. The number of anilines is 1. The Bertz CT molecular complexity index is 1240. The minimum absolute atomic E-state index is 0.112. The summed E-state index contributed by atoms with van der Waals surface area (Å²) in [5.41, 5.74) is 2.18. The van der Waals surface area contributed by atoms with Gasteiger partial charge < -0.3 is 19.9 Å². The van der Waals surface area contributed by atoms with Gasteiger partial charge in [0.15, 0.2) is 11.0 Å². The van der Waals surface area contributed by atoms with Crippen molar-refractivity contribution in [3.05, 3.63) is 72.8 Å². The van der Waals surface area contributed by atoms with E-state index >= 15 is 0 Å². The van der Waals surface area contributed by atoms with Crippen molar-refractivity contribution in [2.75, 3.05) is 25.3 Å². The van der Waals surface area contributed by atoms with Crippen LogP contribution in [0.15, 0.2) is 78.0 Å². The van der Waals surface area contributed by atoms with Crippen molar-refractivity contribution in [2.24, 2.45) is 0 Å². The van der Waals surface area contributed by atoms with Crippen LogP contribution in [-0.4, -0.2) is 45.8 Å². The predicted molar refractivity (Wildman–Crippen MR) is 127 cm³/mol. The first-order chi connectivity index (χ1) is 16.1. The molecule has 0 aliphatic rings. The lowest BCUT2D eigenvalue weighted by Crippen LogP contribution is -2.15. The topological polar surface area (TPSA) is 98.5 Å². The van der Waals surface area contributed by atoms with Crippen LogP contribution >= 0.6 is 11.8 Å². The lowest BCUT2D eigenvalue weighted by Gasteiger charge is -2.12.